The maximum Gasteiger partial charge on any atom is 0.264 e. The van der Waals surface area contributed by atoms with Gasteiger partial charge in [0.25, 0.3) is 5.91 Å². The van der Waals surface area contributed by atoms with Gasteiger partial charge in [-0.25, -0.2) is 0 Å². The second-order valence-electron chi connectivity index (χ2n) is 7.35. The minimum Gasteiger partial charge on any atom is -0.480 e. The van der Waals surface area contributed by atoms with Gasteiger partial charge in [0.05, 0.1) is 0 Å². The minimum atomic E-state index is -0.436. The van der Waals surface area contributed by atoms with E-state index in [0.717, 1.165) is 42.4 Å². The molecular formula is C21H21ClN2O4. The highest BCUT2D eigenvalue weighted by Gasteiger charge is 2.34. The van der Waals surface area contributed by atoms with E-state index >= 15 is 0 Å². The van der Waals surface area contributed by atoms with Crippen LogP contribution in [0.4, 0.5) is 0 Å². The smallest absolute Gasteiger partial charge is 0.264 e. The van der Waals surface area contributed by atoms with Crippen LogP contribution in [0.25, 0.3) is 0 Å². The van der Waals surface area contributed by atoms with Gasteiger partial charge in [-0.15, -0.1) is 0 Å². The number of carbonyl (C=O) groups excluding carboxylic acids is 1. The van der Waals surface area contributed by atoms with Crippen molar-refractivity contribution < 1.29 is 19.0 Å². The number of hydrogen-bond acceptors (Lipinski definition) is 5. The molecule has 0 bridgehead atoms. The number of rotatable bonds is 3. The Bertz CT molecular complexity index is 911. The molecule has 0 aromatic heterocycles. The second kappa shape index (κ2) is 7.18. The third-order valence-corrected chi connectivity index (χ3v) is 5.73. The number of ether oxygens (including phenoxy) is 3. The van der Waals surface area contributed by atoms with Crippen molar-refractivity contribution in [1.29, 1.82) is 0 Å². The summed E-state index contributed by atoms with van der Waals surface area (Å²) in [6.07, 6.45) is 0.153. The Labute approximate surface area is 168 Å². The molecule has 0 N–H and O–H groups in total. The highest BCUT2D eigenvalue weighted by molar-refractivity contribution is 6.30. The zero-order chi connectivity index (χ0) is 19.1. The molecule has 1 atom stereocenters. The standard InChI is InChI=1S/C21H21ClN2O4/c22-16-2-4-17-15(10-16)11-20(28-17)21(25)24-7-5-23(6-8-24)12-14-1-3-18-19(9-14)27-13-26-18/h1-4,9-10,20H,5-8,11-13H2/t20-/m0/s1. The van der Waals surface area contributed by atoms with Crippen LogP contribution in [0, 0.1) is 0 Å². The molecule has 5 rings (SSSR count). The molecular weight excluding hydrogens is 380 g/mol. The Morgan fingerprint density at radius 3 is 2.64 bits per heavy atom. The van der Waals surface area contributed by atoms with E-state index in [4.69, 9.17) is 25.8 Å². The number of benzene rings is 2. The lowest BCUT2D eigenvalue weighted by atomic mass is 10.1. The lowest BCUT2D eigenvalue weighted by Crippen LogP contribution is -2.51. The maximum absolute atomic E-state index is 12.9. The van der Waals surface area contributed by atoms with Crippen molar-refractivity contribution in [1.82, 2.24) is 9.80 Å². The van der Waals surface area contributed by atoms with Crippen LogP contribution < -0.4 is 14.2 Å². The van der Waals surface area contributed by atoms with Gasteiger partial charge >= 0.3 is 0 Å². The molecule has 6 nitrogen and oxygen atoms in total. The zero-order valence-corrected chi connectivity index (χ0v) is 16.2. The van der Waals surface area contributed by atoms with E-state index in [0.29, 0.717) is 31.3 Å². The van der Waals surface area contributed by atoms with E-state index in [-0.39, 0.29) is 5.91 Å². The maximum atomic E-state index is 12.9. The lowest BCUT2D eigenvalue weighted by Gasteiger charge is -2.35. The summed E-state index contributed by atoms with van der Waals surface area (Å²) < 4.78 is 16.7. The van der Waals surface area contributed by atoms with E-state index in [1.807, 2.05) is 29.2 Å². The number of hydrogen-bond donors (Lipinski definition) is 0. The van der Waals surface area contributed by atoms with Gasteiger partial charge in [0.2, 0.25) is 6.79 Å². The van der Waals surface area contributed by atoms with E-state index in [9.17, 15) is 4.79 Å². The van der Waals surface area contributed by atoms with Crippen molar-refractivity contribution in [3.05, 3.63) is 52.5 Å². The molecule has 1 saturated heterocycles. The van der Waals surface area contributed by atoms with Gasteiger partial charge in [-0.3, -0.25) is 9.69 Å². The summed E-state index contributed by atoms with van der Waals surface area (Å²) in [5, 5.41) is 0.674. The van der Waals surface area contributed by atoms with Crippen molar-refractivity contribution in [3.63, 3.8) is 0 Å². The molecule has 3 aliphatic rings. The molecule has 0 unspecified atom stereocenters. The third kappa shape index (κ3) is 3.38. The fourth-order valence-electron chi connectivity index (χ4n) is 3.98. The Hall–Kier alpha value is -2.44. The van der Waals surface area contributed by atoms with Crippen molar-refractivity contribution in [2.75, 3.05) is 33.0 Å². The first-order valence-electron chi connectivity index (χ1n) is 9.50. The first-order valence-corrected chi connectivity index (χ1v) is 9.88. The highest BCUT2D eigenvalue weighted by atomic mass is 35.5. The molecule has 3 heterocycles. The van der Waals surface area contributed by atoms with Crippen LogP contribution in [0.2, 0.25) is 5.02 Å². The molecule has 0 saturated carbocycles. The molecule has 0 spiro atoms. The van der Waals surface area contributed by atoms with E-state index in [2.05, 4.69) is 11.0 Å². The first-order chi connectivity index (χ1) is 13.7. The molecule has 7 heteroatoms. The number of halogens is 1. The first kappa shape index (κ1) is 17.6. The molecule has 3 aliphatic heterocycles. The molecule has 2 aromatic rings. The van der Waals surface area contributed by atoms with Crippen LogP contribution >= 0.6 is 11.6 Å². The van der Waals surface area contributed by atoms with E-state index in [1.54, 1.807) is 6.07 Å². The van der Waals surface area contributed by atoms with Crippen LogP contribution in [0.15, 0.2) is 36.4 Å². The molecule has 1 amide bonds. The van der Waals surface area contributed by atoms with Crippen molar-refractivity contribution in [3.8, 4) is 17.2 Å². The summed E-state index contributed by atoms with van der Waals surface area (Å²) in [7, 11) is 0. The molecule has 0 aliphatic carbocycles. The molecule has 146 valence electrons. The Morgan fingerprint density at radius 2 is 1.79 bits per heavy atom. The van der Waals surface area contributed by atoms with Gasteiger partial charge in [-0.05, 0) is 41.5 Å². The van der Waals surface area contributed by atoms with Gasteiger partial charge in [0, 0.05) is 44.2 Å². The minimum absolute atomic E-state index is 0.0649. The quantitative estimate of drug-likeness (QED) is 0.793. The van der Waals surface area contributed by atoms with Gasteiger partial charge < -0.3 is 19.1 Å². The van der Waals surface area contributed by atoms with Crippen molar-refractivity contribution >= 4 is 17.5 Å². The number of fused-ring (bicyclic) bond motifs is 2. The predicted octanol–water partition coefficient (Wildman–Crippen LogP) is 2.72. The number of piperazine rings is 1. The lowest BCUT2D eigenvalue weighted by molar-refractivity contribution is -0.139. The average molecular weight is 401 g/mol. The summed E-state index contributed by atoms with van der Waals surface area (Å²) in [4.78, 5) is 17.1. The normalized spacial score (nSPS) is 20.8. The molecule has 1 fully saturated rings. The molecule has 2 aromatic carbocycles. The number of carbonyl (C=O) groups is 1. The highest BCUT2D eigenvalue weighted by Crippen LogP contribution is 2.33. The van der Waals surface area contributed by atoms with E-state index in [1.165, 1.54) is 5.56 Å². The average Bonchev–Trinajstić information content (AvgIpc) is 3.34. The summed E-state index contributed by atoms with van der Waals surface area (Å²) in [5.74, 6) is 2.45. The SMILES string of the molecule is O=C([C@@H]1Cc2cc(Cl)ccc2O1)N1CCN(Cc2ccc3c(c2)OCO3)CC1. The van der Waals surface area contributed by atoms with Gasteiger partial charge in [-0.2, -0.15) is 0 Å². The summed E-state index contributed by atoms with van der Waals surface area (Å²) in [6, 6.07) is 11.6. The van der Waals surface area contributed by atoms with Crippen molar-refractivity contribution in [2.24, 2.45) is 0 Å². The number of amides is 1. The second-order valence-corrected chi connectivity index (χ2v) is 7.79. The largest absolute Gasteiger partial charge is 0.480 e. The Morgan fingerprint density at radius 1 is 1.00 bits per heavy atom. The Balaban J connectivity index is 1.16. The molecule has 28 heavy (non-hydrogen) atoms. The monoisotopic (exact) mass is 400 g/mol. The number of nitrogens with zero attached hydrogens (tertiary/aromatic N) is 2. The topological polar surface area (TPSA) is 51.2 Å². The van der Waals surface area contributed by atoms with E-state index < -0.39 is 6.10 Å². The molecule has 0 radical (unpaired) electrons. The van der Waals surface area contributed by atoms with Crippen LogP contribution in [0.5, 0.6) is 17.2 Å². The Kier molecular flexibility index (Phi) is 4.53. The van der Waals surface area contributed by atoms with Crippen LogP contribution in [0.1, 0.15) is 11.1 Å². The van der Waals surface area contributed by atoms with Crippen LogP contribution in [0.3, 0.4) is 0 Å². The summed E-state index contributed by atoms with van der Waals surface area (Å²) in [5.41, 5.74) is 2.20. The van der Waals surface area contributed by atoms with Gasteiger partial charge in [0.1, 0.15) is 5.75 Å². The predicted molar refractivity (Wildman–Crippen MR) is 104 cm³/mol. The fourth-order valence-corrected chi connectivity index (χ4v) is 4.18. The summed E-state index contributed by atoms with van der Waals surface area (Å²) in [6.45, 7) is 4.22. The fraction of sp³-hybridized carbons (Fsp3) is 0.381. The summed E-state index contributed by atoms with van der Waals surface area (Å²) >= 11 is 6.04. The third-order valence-electron chi connectivity index (χ3n) is 5.50. The van der Waals surface area contributed by atoms with Crippen LogP contribution in [-0.4, -0.2) is 54.8 Å². The van der Waals surface area contributed by atoms with Crippen LogP contribution in [-0.2, 0) is 17.8 Å². The van der Waals surface area contributed by atoms with Gasteiger partial charge in [0.15, 0.2) is 17.6 Å². The van der Waals surface area contributed by atoms with Gasteiger partial charge in [-0.1, -0.05) is 17.7 Å². The van der Waals surface area contributed by atoms with Crippen molar-refractivity contribution in [2.45, 2.75) is 19.1 Å². The zero-order valence-electron chi connectivity index (χ0n) is 15.4.